The highest BCUT2D eigenvalue weighted by Gasteiger charge is 2.30. The van der Waals surface area contributed by atoms with Gasteiger partial charge in [0.1, 0.15) is 17.4 Å². The highest BCUT2D eigenvalue weighted by molar-refractivity contribution is 6.09. The Bertz CT molecular complexity index is 883. The third kappa shape index (κ3) is 5.89. The smallest absolute Gasteiger partial charge is 0.416 e. The molecule has 0 atom stereocenters. The molecular weight excluding hydrogens is 357 g/mol. The summed E-state index contributed by atoms with van der Waals surface area (Å²) in [5.41, 5.74) is -0.598. The van der Waals surface area contributed by atoms with Crippen LogP contribution in [0.1, 0.15) is 24.5 Å². The number of amides is 1. The second-order valence-corrected chi connectivity index (χ2v) is 5.62. The van der Waals surface area contributed by atoms with Crippen LogP contribution in [0, 0.1) is 11.3 Å². The number of carbonyl (C=O) groups excluding carboxylic acids is 1. The van der Waals surface area contributed by atoms with E-state index in [0.29, 0.717) is 17.9 Å². The SMILES string of the molecule is CCCOc1cccc(/C=C(/C#N)C(=O)Nc2cccc(C(F)(F)F)c2)c1. The fourth-order valence-corrected chi connectivity index (χ4v) is 2.20. The maximum absolute atomic E-state index is 12.8. The monoisotopic (exact) mass is 374 g/mol. The number of ether oxygens (including phenoxy) is 1. The molecule has 0 fully saturated rings. The minimum Gasteiger partial charge on any atom is -0.494 e. The molecule has 0 unspecified atom stereocenters. The van der Waals surface area contributed by atoms with Crippen molar-refractivity contribution in [2.75, 3.05) is 11.9 Å². The minimum atomic E-state index is -4.52. The van der Waals surface area contributed by atoms with Crippen LogP contribution in [0.25, 0.3) is 6.08 Å². The molecule has 0 saturated carbocycles. The molecule has 2 aromatic rings. The number of hydrogen-bond donors (Lipinski definition) is 1. The molecule has 0 spiro atoms. The number of hydrogen-bond acceptors (Lipinski definition) is 3. The van der Waals surface area contributed by atoms with Crippen LogP contribution in [0.5, 0.6) is 5.75 Å². The predicted molar refractivity (Wildman–Crippen MR) is 95.9 cm³/mol. The van der Waals surface area contributed by atoms with Crippen LogP contribution < -0.4 is 10.1 Å². The lowest BCUT2D eigenvalue weighted by Gasteiger charge is -2.09. The molecule has 4 nitrogen and oxygen atoms in total. The lowest BCUT2D eigenvalue weighted by Crippen LogP contribution is -2.14. The van der Waals surface area contributed by atoms with Crippen LogP contribution in [0.2, 0.25) is 0 Å². The number of rotatable bonds is 6. The Balaban J connectivity index is 2.19. The first kappa shape index (κ1) is 20.0. The van der Waals surface area contributed by atoms with Crippen LogP contribution in [0.15, 0.2) is 54.1 Å². The molecule has 0 aromatic heterocycles. The van der Waals surface area contributed by atoms with Crippen molar-refractivity contribution in [3.63, 3.8) is 0 Å². The summed E-state index contributed by atoms with van der Waals surface area (Å²) < 4.78 is 43.8. The first-order valence-corrected chi connectivity index (χ1v) is 8.16. The maximum atomic E-state index is 12.8. The summed E-state index contributed by atoms with van der Waals surface area (Å²) in [7, 11) is 0. The molecule has 0 radical (unpaired) electrons. The summed E-state index contributed by atoms with van der Waals surface area (Å²) in [6.07, 6.45) is -2.34. The van der Waals surface area contributed by atoms with Crippen LogP contribution in [0.4, 0.5) is 18.9 Å². The van der Waals surface area contributed by atoms with Gasteiger partial charge in [-0.3, -0.25) is 4.79 Å². The highest BCUT2D eigenvalue weighted by Crippen LogP contribution is 2.30. The largest absolute Gasteiger partial charge is 0.494 e. The summed E-state index contributed by atoms with van der Waals surface area (Å²) in [5.74, 6) is -0.196. The van der Waals surface area contributed by atoms with Crippen molar-refractivity contribution in [2.45, 2.75) is 19.5 Å². The zero-order valence-corrected chi connectivity index (χ0v) is 14.5. The lowest BCUT2D eigenvalue weighted by molar-refractivity contribution is -0.137. The van der Waals surface area contributed by atoms with Gasteiger partial charge in [-0.1, -0.05) is 25.1 Å². The molecular formula is C20H17F3N2O2. The average Bonchev–Trinajstić information content (AvgIpc) is 2.64. The third-order valence-electron chi connectivity index (χ3n) is 3.45. The molecule has 7 heteroatoms. The normalized spacial score (nSPS) is 11.6. The summed E-state index contributed by atoms with van der Waals surface area (Å²) in [6.45, 7) is 2.50. The molecule has 1 amide bonds. The average molecular weight is 374 g/mol. The minimum absolute atomic E-state index is 0.0454. The van der Waals surface area contributed by atoms with E-state index in [4.69, 9.17) is 4.74 Å². The van der Waals surface area contributed by atoms with Gasteiger partial charge in [0.25, 0.3) is 5.91 Å². The van der Waals surface area contributed by atoms with Gasteiger partial charge in [0.2, 0.25) is 0 Å². The Morgan fingerprint density at radius 1 is 1.22 bits per heavy atom. The van der Waals surface area contributed by atoms with E-state index in [2.05, 4.69) is 5.32 Å². The zero-order chi connectivity index (χ0) is 19.9. The number of halogens is 3. The molecule has 0 saturated heterocycles. The van der Waals surface area contributed by atoms with Crippen molar-refractivity contribution in [3.05, 3.63) is 65.2 Å². The van der Waals surface area contributed by atoms with Gasteiger partial charge in [-0.15, -0.1) is 0 Å². The lowest BCUT2D eigenvalue weighted by atomic mass is 10.1. The van der Waals surface area contributed by atoms with Crippen molar-refractivity contribution in [3.8, 4) is 11.8 Å². The Kier molecular flexibility index (Phi) is 6.61. The van der Waals surface area contributed by atoms with E-state index in [1.54, 1.807) is 30.3 Å². The van der Waals surface area contributed by atoms with Crippen LogP contribution >= 0.6 is 0 Å². The molecule has 0 aliphatic rings. The second kappa shape index (κ2) is 8.90. The number of alkyl halides is 3. The molecule has 0 aliphatic carbocycles. The van der Waals surface area contributed by atoms with E-state index in [9.17, 15) is 23.2 Å². The fourth-order valence-electron chi connectivity index (χ4n) is 2.20. The first-order chi connectivity index (χ1) is 12.8. The Morgan fingerprint density at radius 2 is 1.96 bits per heavy atom. The number of nitrogens with zero attached hydrogens (tertiary/aromatic N) is 1. The van der Waals surface area contributed by atoms with Crippen LogP contribution in [0.3, 0.4) is 0 Å². The van der Waals surface area contributed by atoms with E-state index in [1.807, 2.05) is 6.92 Å². The molecule has 27 heavy (non-hydrogen) atoms. The van der Waals surface area contributed by atoms with E-state index in [1.165, 1.54) is 18.2 Å². The summed E-state index contributed by atoms with van der Waals surface area (Å²) >= 11 is 0. The van der Waals surface area contributed by atoms with Crippen LogP contribution in [-0.2, 0) is 11.0 Å². The van der Waals surface area contributed by atoms with Crippen molar-refractivity contribution in [1.82, 2.24) is 0 Å². The van der Waals surface area contributed by atoms with Crippen molar-refractivity contribution < 1.29 is 22.7 Å². The molecule has 0 aliphatic heterocycles. The van der Waals surface area contributed by atoms with Crippen molar-refractivity contribution in [2.24, 2.45) is 0 Å². The molecule has 2 rings (SSSR count). The van der Waals surface area contributed by atoms with Gasteiger partial charge < -0.3 is 10.1 Å². The summed E-state index contributed by atoms with van der Waals surface area (Å²) in [4.78, 5) is 12.3. The van der Waals surface area contributed by atoms with Crippen LogP contribution in [-0.4, -0.2) is 12.5 Å². The third-order valence-corrected chi connectivity index (χ3v) is 3.45. The fraction of sp³-hybridized carbons (Fsp3) is 0.200. The van der Waals surface area contributed by atoms with Gasteiger partial charge in [0.15, 0.2) is 0 Å². The Labute approximate surface area is 154 Å². The van der Waals surface area contributed by atoms with E-state index >= 15 is 0 Å². The molecule has 140 valence electrons. The predicted octanol–water partition coefficient (Wildman–Crippen LogP) is 5.04. The standard InChI is InChI=1S/C20H17F3N2O2/c1-2-9-27-18-8-3-5-14(11-18)10-15(13-24)19(26)25-17-7-4-6-16(12-17)20(21,22)23/h3-8,10-12H,2,9H2,1H3,(H,25,26)/b15-10-. The van der Waals surface area contributed by atoms with Gasteiger partial charge in [0, 0.05) is 5.69 Å². The quantitative estimate of drug-likeness (QED) is 0.569. The van der Waals surface area contributed by atoms with Gasteiger partial charge >= 0.3 is 6.18 Å². The topological polar surface area (TPSA) is 62.1 Å². The zero-order valence-electron chi connectivity index (χ0n) is 14.5. The molecule has 1 N–H and O–H groups in total. The Morgan fingerprint density at radius 3 is 2.63 bits per heavy atom. The van der Waals surface area contributed by atoms with E-state index in [-0.39, 0.29) is 11.3 Å². The van der Waals surface area contributed by atoms with E-state index in [0.717, 1.165) is 18.6 Å². The van der Waals surface area contributed by atoms with E-state index < -0.39 is 17.6 Å². The molecule has 0 heterocycles. The maximum Gasteiger partial charge on any atom is 0.416 e. The Hall–Kier alpha value is -3.27. The van der Waals surface area contributed by atoms with Gasteiger partial charge in [-0.05, 0) is 48.4 Å². The van der Waals surface area contributed by atoms with Crippen molar-refractivity contribution >= 4 is 17.7 Å². The molecule has 2 aromatic carbocycles. The number of nitriles is 1. The van der Waals surface area contributed by atoms with Crippen molar-refractivity contribution in [1.29, 1.82) is 5.26 Å². The van der Waals surface area contributed by atoms with Gasteiger partial charge in [-0.2, -0.15) is 18.4 Å². The second-order valence-electron chi connectivity index (χ2n) is 5.62. The number of anilines is 1. The van der Waals surface area contributed by atoms with Gasteiger partial charge in [0.05, 0.1) is 12.2 Å². The van der Waals surface area contributed by atoms with Gasteiger partial charge in [-0.25, -0.2) is 0 Å². The summed E-state index contributed by atoms with van der Waals surface area (Å²) in [5, 5.41) is 11.6. The number of carbonyl (C=O) groups is 1. The number of benzene rings is 2. The molecule has 0 bridgehead atoms. The summed E-state index contributed by atoms with van der Waals surface area (Å²) in [6, 6.07) is 12.8. The first-order valence-electron chi connectivity index (χ1n) is 8.16. The number of nitrogens with one attached hydrogen (secondary N) is 1. The highest BCUT2D eigenvalue weighted by atomic mass is 19.4.